The Labute approximate surface area is 187 Å². The first-order chi connectivity index (χ1) is 15.4. The van der Waals surface area contributed by atoms with Gasteiger partial charge in [0.15, 0.2) is 5.65 Å². The monoisotopic (exact) mass is 435 g/mol. The fourth-order valence-electron chi connectivity index (χ4n) is 4.44. The summed E-state index contributed by atoms with van der Waals surface area (Å²) in [5, 5.41) is 8.26. The second-order valence-electron chi connectivity index (χ2n) is 8.26. The average molecular weight is 436 g/mol. The maximum atomic E-state index is 13.3. The molecule has 2 amide bonds. The van der Waals surface area contributed by atoms with E-state index in [1.54, 1.807) is 18.0 Å². The van der Waals surface area contributed by atoms with E-state index < -0.39 is 5.92 Å². The summed E-state index contributed by atoms with van der Waals surface area (Å²) in [4.78, 5) is 32.5. The minimum absolute atomic E-state index is 0.0103. The fourth-order valence-corrected chi connectivity index (χ4v) is 4.44. The number of hydrogen-bond acceptors (Lipinski definition) is 5. The van der Waals surface area contributed by atoms with Gasteiger partial charge in [0.2, 0.25) is 11.8 Å². The van der Waals surface area contributed by atoms with Crippen molar-refractivity contribution in [2.45, 2.75) is 39.2 Å². The highest BCUT2D eigenvalue weighted by atomic mass is 16.5. The first-order valence-electron chi connectivity index (χ1n) is 11.0. The van der Waals surface area contributed by atoms with Crippen molar-refractivity contribution in [1.29, 1.82) is 0 Å². The van der Waals surface area contributed by atoms with Crippen molar-refractivity contribution in [2.24, 2.45) is 13.0 Å². The number of pyridine rings is 1. The number of anilines is 1. The van der Waals surface area contributed by atoms with Crippen LogP contribution in [0.15, 0.2) is 36.5 Å². The molecule has 0 aliphatic carbocycles. The third-order valence-corrected chi connectivity index (χ3v) is 6.11. The van der Waals surface area contributed by atoms with Gasteiger partial charge in [-0.25, -0.2) is 4.98 Å². The Morgan fingerprint density at radius 3 is 2.72 bits per heavy atom. The minimum Gasteiger partial charge on any atom is -0.497 e. The topological polar surface area (TPSA) is 89.4 Å². The molecule has 0 radical (unpaired) electrons. The van der Waals surface area contributed by atoms with Crippen molar-refractivity contribution >= 4 is 28.5 Å². The summed E-state index contributed by atoms with van der Waals surface area (Å²) in [5.74, 6) is 0.0841. The molecule has 4 rings (SSSR count). The van der Waals surface area contributed by atoms with Crippen molar-refractivity contribution < 1.29 is 14.3 Å². The van der Waals surface area contributed by atoms with Gasteiger partial charge >= 0.3 is 0 Å². The summed E-state index contributed by atoms with van der Waals surface area (Å²) < 4.78 is 6.99. The second-order valence-corrected chi connectivity index (χ2v) is 8.26. The Morgan fingerprint density at radius 2 is 2.03 bits per heavy atom. The van der Waals surface area contributed by atoms with E-state index in [-0.39, 0.29) is 24.3 Å². The van der Waals surface area contributed by atoms with Gasteiger partial charge in [0, 0.05) is 25.4 Å². The Balaban J connectivity index is 1.62. The van der Waals surface area contributed by atoms with Crippen LogP contribution in [0.5, 0.6) is 5.75 Å². The molecule has 0 bridgehead atoms. The number of fused-ring (bicyclic) bond motifs is 1. The highest BCUT2D eigenvalue weighted by Gasteiger charge is 2.44. The molecule has 8 nitrogen and oxygen atoms in total. The zero-order chi connectivity index (χ0) is 22.8. The third-order valence-electron chi connectivity index (χ3n) is 6.11. The van der Waals surface area contributed by atoms with Gasteiger partial charge < -0.3 is 15.0 Å². The maximum absolute atomic E-state index is 13.3. The Bertz CT molecular complexity index is 1140. The van der Waals surface area contributed by atoms with E-state index in [0.29, 0.717) is 12.2 Å². The number of methoxy groups -OCH3 is 1. The molecule has 32 heavy (non-hydrogen) atoms. The van der Waals surface area contributed by atoms with E-state index in [9.17, 15) is 9.59 Å². The zero-order valence-electron chi connectivity index (χ0n) is 19.0. The van der Waals surface area contributed by atoms with Crippen LogP contribution in [0.3, 0.4) is 0 Å². The van der Waals surface area contributed by atoms with Gasteiger partial charge in [0.1, 0.15) is 5.75 Å². The molecule has 0 saturated carbocycles. The summed E-state index contributed by atoms with van der Waals surface area (Å²) in [6.07, 6.45) is 3.70. The van der Waals surface area contributed by atoms with Crippen molar-refractivity contribution in [3.63, 3.8) is 0 Å². The highest BCUT2D eigenvalue weighted by molar-refractivity contribution is 5.99. The van der Waals surface area contributed by atoms with Crippen LogP contribution in [0, 0.1) is 12.8 Å². The average Bonchev–Trinajstić information content (AvgIpc) is 3.27. The Morgan fingerprint density at radius 1 is 1.28 bits per heavy atom. The molecule has 1 N–H and O–H groups in total. The molecule has 2 atom stereocenters. The standard InChI is InChI=1S/C24H29N5O3/c1-5-6-11-29-21(30)13-20(22(29)16-7-9-18(32-4)10-8-16)24(31)26-17-12-19-15(2)27-28(3)23(19)25-14-17/h7-10,12,14,20,22H,5-6,11,13H2,1-4H3,(H,26,31)/t20-,22+/m0/s1. The quantitative estimate of drug-likeness (QED) is 0.612. The number of benzene rings is 1. The fraction of sp³-hybridized carbons (Fsp3) is 0.417. The molecular weight excluding hydrogens is 406 g/mol. The number of aryl methyl sites for hydroxylation is 2. The van der Waals surface area contributed by atoms with E-state index in [1.165, 1.54) is 0 Å². The van der Waals surface area contributed by atoms with Gasteiger partial charge in [-0.1, -0.05) is 25.5 Å². The van der Waals surface area contributed by atoms with Gasteiger partial charge in [0.25, 0.3) is 0 Å². The van der Waals surface area contributed by atoms with Gasteiger partial charge in [-0.05, 0) is 37.1 Å². The predicted molar refractivity (Wildman–Crippen MR) is 122 cm³/mol. The van der Waals surface area contributed by atoms with Crippen molar-refractivity contribution in [2.75, 3.05) is 19.0 Å². The van der Waals surface area contributed by atoms with E-state index in [4.69, 9.17) is 4.74 Å². The van der Waals surface area contributed by atoms with Gasteiger partial charge in [0.05, 0.1) is 36.6 Å². The van der Waals surface area contributed by atoms with Crippen molar-refractivity contribution in [1.82, 2.24) is 19.7 Å². The maximum Gasteiger partial charge on any atom is 0.230 e. The second kappa shape index (κ2) is 8.98. The van der Waals surface area contributed by atoms with Crippen molar-refractivity contribution in [3.8, 4) is 5.75 Å². The van der Waals surface area contributed by atoms with E-state index in [2.05, 4.69) is 22.3 Å². The Kier molecular flexibility index (Phi) is 6.12. The molecule has 1 fully saturated rings. The van der Waals surface area contributed by atoms with Crippen LogP contribution in [0.1, 0.15) is 43.5 Å². The molecular formula is C24H29N5O3. The molecule has 1 aliphatic rings. The summed E-state index contributed by atoms with van der Waals surface area (Å²) >= 11 is 0. The number of carbonyl (C=O) groups excluding carboxylic acids is 2. The number of carbonyl (C=O) groups is 2. The summed E-state index contributed by atoms with van der Waals surface area (Å²) in [6.45, 7) is 4.64. The van der Waals surface area contributed by atoms with Crippen LogP contribution in [0.2, 0.25) is 0 Å². The molecule has 168 valence electrons. The minimum atomic E-state index is -0.488. The molecule has 1 aliphatic heterocycles. The van der Waals surface area contributed by atoms with Crippen LogP contribution in [0.4, 0.5) is 5.69 Å². The van der Waals surface area contributed by atoms with Crippen LogP contribution in [-0.4, -0.2) is 45.1 Å². The molecule has 1 aromatic carbocycles. The summed E-state index contributed by atoms with van der Waals surface area (Å²) in [7, 11) is 3.46. The number of unbranched alkanes of at least 4 members (excludes halogenated alkanes) is 1. The van der Waals surface area contributed by atoms with Crippen molar-refractivity contribution in [3.05, 3.63) is 47.8 Å². The lowest BCUT2D eigenvalue weighted by atomic mass is 9.92. The summed E-state index contributed by atoms with van der Waals surface area (Å²) in [5.41, 5.74) is 3.15. The van der Waals surface area contributed by atoms with E-state index >= 15 is 0 Å². The highest BCUT2D eigenvalue weighted by Crippen LogP contribution is 2.39. The van der Waals surface area contributed by atoms with Crippen LogP contribution < -0.4 is 10.1 Å². The lowest BCUT2D eigenvalue weighted by molar-refractivity contribution is -0.129. The number of ether oxygens (including phenoxy) is 1. The number of hydrogen-bond donors (Lipinski definition) is 1. The number of rotatable bonds is 7. The van der Waals surface area contributed by atoms with Crippen LogP contribution in [-0.2, 0) is 16.6 Å². The lowest BCUT2D eigenvalue weighted by Gasteiger charge is -2.28. The smallest absolute Gasteiger partial charge is 0.230 e. The molecule has 3 heterocycles. The number of nitrogens with one attached hydrogen (secondary N) is 1. The SMILES string of the molecule is CCCCN1C(=O)C[C@H](C(=O)Nc2cnc3c(c2)c(C)nn3C)[C@H]1c1ccc(OC)cc1. The van der Waals surface area contributed by atoms with Gasteiger partial charge in [-0.15, -0.1) is 0 Å². The molecule has 2 aromatic heterocycles. The summed E-state index contributed by atoms with van der Waals surface area (Å²) in [6, 6.07) is 9.19. The van der Waals surface area contributed by atoms with Gasteiger partial charge in [-0.3, -0.25) is 14.3 Å². The number of amides is 2. The molecule has 8 heteroatoms. The largest absolute Gasteiger partial charge is 0.497 e. The van der Waals surface area contributed by atoms with Crippen LogP contribution in [0.25, 0.3) is 11.0 Å². The molecule has 0 unspecified atom stereocenters. The number of likely N-dealkylation sites (tertiary alicyclic amines) is 1. The lowest BCUT2D eigenvalue weighted by Crippen LogP contribution is -2.33. The predicted octanol–water partition coefficient (Wildman–Crippen LogP) is 3.61. The first-order valence-corrected chi connectivity index (χ1v) is 11.0. The van der Waals surface area contributed by atoms with Crippen LogP contribution >= 0.6 is 0 Å². The third kappa shape index (κ3) is 4.04. The molecule has 3 aromatic rings. The molecule has 0 spiro atoms. The molecule has 1 saturated heterocycles. The Hall–Kier alpha value is -3.42. The van der Waals surface area contributed by atoms with E-state index in [1.807, 2.05) is 49.2 Å². The number of aromatic nitrogens is 3. The van der Waals surface area contributed by atoms with E-state index in [0.717, 1.165) is 40.9 Å². The van der Waals surface area contributed by atoms with Gasteiger partial charge in [-0.2, -0.15) is 5.10 Å². The zero-order valence-corrected chi connectivity index (χ0v) is 19.0. The normalized spacial score (nSPS) is 18.4. The number of nitrogens with zero attached hydrogens (tertiary/aromatic N) is 4. The first kappa shape index (κ1) is 21.8.